The third kappa shape index (κ3) is 1.99. The molecule has 0 saturated carbocycles. The quantitative estimate of drug-likeness (QED) is 0.856. The van der Waals surface area contributed by atoms with E-state index in [1.807, 2.05) is 16.7 Å². The van der Waals surface area contributed by atoms with Gasteiger partial charge in [-0.05, 0) is 31.5 Å². The third-order valence-electron chi connectivity index (χ3n) is 3.39. The highest BCUT2D eigenvalue weighted by molar-refractivity contribution is 6.34. The van der Waals surface area contributed by atoms with Crippen molar-refractivity contribution >= 4 is 23.1 Å². The number of halogens is 1. The summed E-state index contributed by atoms with van der Waals surface area (Å²) < 4.78 is 6.65. The van der Waals surface area contributed by atoms with Crippen molar-refractivity contribution in [1.29, 1.82) is 0 Å². The fourth-order valence-corrected chi connectivity index (χ4v) is 2.76. The Balaban J connectivity index is 2.23. The molecule has 3 heterocycles. The molecule has 1 fully saturated rings. The van der Waals surface area contributed by atoms with E-state index in [4.69, 9.17) is 16.3 Å². The number of nitrogens with one attached hydrogen (secondary N) is 1. The van der Waals surface area contributed by atoms with Gasteiger partial charge >= 0.3 is 5.97 Å². The number of hydrogen-bond donors (Lipinski definition) is 1. The molecule has 0 amide bonds. The lowest BCUT2D eigenvalue weighted by molar-refractivity contribution is 0.0596. The van der Waals surface area contributed by atoms with Crippen molar-refractivity contribution in [2.45, 2.75) is 18.9 Å². The molecule has 1 saturated heterocycles. The number of fused-ring (bicyclic) bond motifs is 1. The average molecular weight is 280 g/mol. The molecule has 100 valence electrons. The van der Waals surface area contributed by atoms with Crippen LogP contribution in [0.25, 0.3) is 5.52 Å². The van der Waals surface area contributed by atoms with E-state index in [0.717, 1.165) is 25.2 Å². The topological polar surface area (TPSA) is 55.6 Å². The Morgan fingerprint density at radius 2 is 2.47 bits per heavy atom. The zero-order chi connectivity index (χ0) is 13.4. The van der Waals surface area contributed by atoms with E-state index < -0.39 is 5.97 Å². The van der Waals surface area contributed by atoms with Crippen LogP contribution in [0.1, 0.15) is 35.2 Å². The molecule has 1 aliphatic heterocycles. The van der Waals surface area contributed by atoms with Crippen molar-refractivity contribution in [3.8, 4) is 0 Å². The van der Waals surface area contributed by atoms with Gasteiger partial charge in [0.15, 0.2) is 5.69 Å². The molecular weight excluding hydrogens is 266 g/mol. The van der Waals surface area contributed by atoms with Crippen molar-refractivity contribution in [2.24, 2.45) is 0 Å². The summed E-state index contributed by atoms with van der Waals surface area (Å²) in [6, 6.07) is 3.75. The number of carbonyl (C=O) groups is 1. The summed E-state index contributed by atoms with van der Waals surface area (Å²) in [5, 5.41) is 3.88. The van der Waals surface area contributed by atoms with Crippen LogP contribution >= 0.6 is 11.6 Å². The maximum Gasteiger partial charge on any atom is 0.358 e. The fourth-order valence-electron chi connectivity index (χ4n) is 2.51. The van der Waals surface area contributed by atoms with Crippen molar-refractivity contribution < 1.29 is 9.53 Å². The lowest BCUT2D eigenvalue weighted by Gasteiger charge is -2.08. The van der Waals surface area contributed by atoms with Gasteiger partial charge in [-0.25, -0.2) is 9.78 Å². The monoisotopic (exact) mass is 279 g/mol. The highest BCUT2D eigenvalue weighted by Crippen LogP contribution is 2.28. The van der Waals surface area contributed by atoms with E-state index in [-0.39, 0.29) is 11.7 Å². The molecule has 1 unspecified atom stereocenters. The summed E-state index contributed by atoms with van der Waals surface area (Å²) in [5.74, 6) is 0.352. The number of aromatic nitrogens is 2. The van der Waals surface area contributed by atoms with Gasteiger partial charge in [0.1, 0.15) is 5.82 Å². The summed E-state index contributed by atoms with van der Waals surface area (Å²) in [6.45, 7) is 0.966. The van der Waals surface area contributed by atoms with Crippen LogP contribution in [0.4, 0.5) is 0 Å². The number of pyridine rings is 1. The minimum atomic E-state index is -0.463. The van der Waals surface area contributed by atoms with Crippen LogP contribution < -0.4 is 5.32 Å². The lowest BCUT2D eigenvalue weighted by Crippen LogP contribution is -2.15. The molecule has 1 atom stereocenters. The molecule has 2 aromatic rings. The Hall–Kier alpha value is -1.59. The summed E-state index contributed by atoms with van der Waals surface area (Å²) in [5.41, 5.74) is 0.886. The van der Waals surface area contributed by atoms with E-state index in [2.05, 4.69) is 10.3 Å². The van der Waals surface area contributed by atoms with E-state index in [1.165, 1.54) is 7.11 Å². The van der Waals surface area contributed by atoms with Crippen molar-refractivity contribution in [2.75, 3.05) is 13.7 Å². The van der Waals surface area contributed by atoms with Gasteiger partial charge in [-0.2, -0.15) is 0 Å². The van der Waals surface area contributed by atoms with Crippen molar-refractivity contribution in [1.82, 2.24) is 14.7 Å². The molecule has 0 spiro atoms. The van der Waals surface area contributed by atoms with Crippen LogP contribution in [0.15, 0.2) is 18.3 Å². The Morgan fingerprint density at radius 3 is 3.16 bits per heavy atom. The van der Waals surface area contributed by atoms with Crippen LogP contribution in [0.2, 0.25) is 5.02 Å². The highest BCUT2D eigenvalue weighted by atomic mass is 35.5. The smallest absolute Gasteiger partial charge is 0.358 e. The number of nitrogens with zero attached hydrogens (tertiary/aromatic N) is 2. The van der Waals surface area contributed by atoms with Gasteiger partial charge in [0.25, 0.3) is 0 Å². The van der Waals surface area contributed by atoms with Crippen LogP contribution in [0.5, 0.6) is 0 Å². The number of imidazole rings is 1. The van der Waals surface area contributed by atoms with Gasteiger partial charge in [-0.15, -0.1) is 0 Å². The summed E-state index contributed by atoms with van der Waals surface area (Å²) in [6.07, 6.45) is 3.98. The van der Waals surface area contributed by atoms with Crippen LogP contribution in [0, 0.1) is 0 Å². The minimum Gasteiger partial charge on any atom is -0.464 e. The number of hydrogen-bond acceptors (Lipinski definition) is 4. The Bertz CT molecular complexity index is 632. The second-order valence-corrected chi connectivity index (χ2v) is 4.94. The fraction of sp³-hybridized carbons (Fsp3) is 0.385. The van der Waals surface area contributed by atoms with Gasteiger partial charge in [0, 0.05) is 6.20 Å². The molecule has 0 aromatic carbocycles. The Kier molecular flexibility index (Phi) is 3.16. The third-order valence-corrected chi connectivity index (χ3v) is 3.70. The maximum atomic E-state index is 11.8. The predicted octanol–water partition coefficient (Wildman–Crippen LogP) is 2.20. The second-order valence-electron chi connectivity index (χ2n) is 4.53. The predicted molar refractivity (Wildman–Crippen MR) is 71.5 cm³/mol. The number of esters is 1. The first-order valence-electron chi connectivity index (χ1n) is 6.20. The molecule has 3 rings (SSSR count). The summed E-state index contributed by atoms with van der Waals surface area (Å²) in [7, 11) is 1.35. The zero-order valence-corrected chi connectivity index (χ0v) is 11.3. The number of carbonyl (C=O) groups excluding carboxylic acids is 1. The standard InChI is InChI=1S/C13H14ClN3O2/c1-19-13(18)10-11-8(14)4-3-7-17(11)12(16-10)9-5-2-6-15-9/h3-4,7,9,15H,2,5-6H2,1H3. The second kappa shape index (κ2) is 4.83. The van der Waals surface area contributed by atoms with Crippen molar-refractivity contribution in [3.05, 3.63) is 34.9 Å². The van der Waals surface area contributed by atoms with Crippen LogP contribution in [-0.2, 0) is 4.74 Å². The summed E-state index contributed by atoms with van der Waals surface area (Å²) >= 11 is 6.19. The van der Waals surface area contributed by atoms with Gasteiger partial charge in [0.05, 0.1) is 23.7 Å². The van der Waals surface area contributed by atoms with Crippen molar-refractivity contribution in [3.63, 3.8) is 0 Å². The molecule has 0 aliphatic carbocycles. The molecule has 2 aromatic heterocycles. The zero-order valence-electron chi connectivity index (χ0n) is 10.5. The normalized spacial score (nSPS) is 18.9. The molecule has 19 heavy (non-hydrogen) atoms. The van der Waals surface area contributed by atoms with Crippen LogP contribution in [-0.4, -0.2) is 29.0 Å². The first-order valence-corrected chi connectivity index (χ1v) is 6.58. The van der Waals surface area contributed by atoms with E-state index in [9.17, 15) is 4.79 Å². The molecule has 5 nitrogen and oxygen atoms in total. The average Bonchev–Trinajstić information content (AvgIpc) is 3.05. The van der Waals surface area contributed by atoms with Gasteiger partial charge in [0.2, 0.25) is 0 Å². The molecule has 0 bridgehead atoms. The molecule has 1 aliphatic rings. The summed E-state index contributed by atoms with van der Waals surface area (Å²) in [4.78, 5) is 16.3. The van der Waals surface area contributed by atoms with Gasteiger partial charge < -0.3 is 14.5 Å². The van der Waals surface area contributed by atoms with E-state index >= 15 is 0 Å². The van der Waals surface area contributed by atoms with Gasteiger partial charge in [-0.3, -0.25) is 0 Å². The molecular formula is C13H14ClN3O2. The maximum absolute atomic E-state index is 11.8. The SMILES string of the molecule is COC(=O)c1nc(C2CCCN2)n2cccc(Cl)c12. The molecule has 0 radical (unpaired) electrons. The van der Waals surface area contributed by atoms with Gasteiger partial charge in [-0.1, -0.05) is 11.6 Å². The minimum absolute atomic E-state index is 0.157. The highest BCUT2D eigenvalue weighted by Gasteiger charge is 2.26. The number of rotatable bonds is 2. The Labute approximate surface area is 115 Å². The lowest BCUT2D eigenvalue weighted by atomic mass is 10.2. The van der Waals surface area contributed by atoms with Crippen LogP contribution in [0.3, 0.4) is 0 Å². The number of ether oxygens (including phenoxy) is 1. The van der Waals surface area contributed by atoms with E-state index in [1.54, 1.807) is 6.07 Å². The first-order chi connectivity index (χ1) is 9.22. The molecule has 1 N–H and O–H groups in total. The van der Waals surface area contributed by atoms with E-state index in [0.29, 0.717) is 10.5 Å². The number of methoxy groups -OCH3 is 1. The first kappa shape index (κ1) is 12.4. The largest absolute Gasteiger partial charge is 0.464 e. The Morgan fingerprint density at radius 1 is 1.63 bits per heavy atom. The molecule has 6 heteroatoms.